The van der Waals surface area contributed by atoms with Gasteiger partial charge in [0.25, 0.3) is 14.4 Å². The number of benzene rings is 1. The van der Waals surface area contributed by atoms with Gasteiger partial charge in [-0.2, -0.15) is 5.26 Å². The Hall–Kier alpha value is -2.83. The minimum absolute atomic E-state index is 0.0741. The smallest absolute Gasteiger partial charge is 0.349 e. The molecular weight excluding hydrogens is 545 g/mol. The number of hydrogen-bond donors (Lipinski definition) is 1. The molecule has 0 aliphatic heterocycles. The summed E-state index contributed by atoms with van der Waals surface area (Å²) in [5, 5.41) is 12.2. The molecule has 226 valence electrons. The average molecular weight is 590 g/mol. The minimum Gasteiger partial charge on any atom is -0.426 e. The van der Waals surface area contributed by atoms with Crippen LogP contribution in [0.3, 0.4) is 0 Å². The first-order chi connectivity index (χ1) is 19.3. The van der Waals surface area contributed by atoms with Crippen LogP contribution < -0.4 is 15.7 Å². The number of hydrogen-bond acceptors (Lipinski definition) is 9. The van der Waals surface area contributed by atoms with Crippen molar-refractivity contribution in [2.75, 3.05) is 19.8 Å². The molecule has 0 saturated carbocycles. The van der Waals surface area contributed by atoms with Gasteiger partial charge in [0.2, 0.25) is 0 Å². The van der Waals surface area contributed by atoms with Crippen LogP contribution in [0.2, 0.25) is 0 Å². The summed E-state index contributed by atoms with van der Waals surface area (Å²) in [5.41, 5.74) is -1.27. The first-order valence-corrected chi connectivity index (χ1v) is 15.3. The Kier molecular flexibility index (Phi) is 13.9. The van der Waals surface area contributed by atoms with Crippen molar-refractivity contribution >= 4 is 31.4 Å². The molecule has 41 heavy (non-hydrogen) atoms. The summed E-state index contributed by atoms with van der Waals surface area (Å²) < 4.78 is 24.9. The molecule has 2 rings (SSSR count). The molecule has 1 unspecified atom stereocenters. The summed E-state index contributed by atoms with van der Waals surface area (Å²) in [6, 6.07) is 8.81. The number of fused-ring (bicyclic) bond motifs is 1. The second-order valence-electron chi connectivity index (χ2n) is 11.3. The van der Waals surface area contributed by atoms with E-state index in [2.05, 4.69) is 43.8 Å². The molecule has 10 nitrogen and oxygen atoms in total. The fourth-order valence-electron chi connectivity index (χ4n) is 3.91. The van der Waals surface area contributed by atoms with Crippen molar-refractivity contribution in [2.24, 2.45) is 5.41 Å². The van der Waals surface area contributed by atoms with Crippen LogP contribution in [0.15, 0.2) is 33.5 Å². The Labute approximate surface area is 244 Å². The van der Waals surface area contributed by atoms with E-state index in [1.165, 1.54) is 12.1 Å². The minimum atomic E-state index is -1.24. The normalized spacial score (nSPS) is 12.6. The molecule has 0 aliphatic rings. The highest BCUT2D eigenvalue weighted by Gasteiger charge is 2.27. The Bertz CT molecular complexity index is 1240. The molecule has 0 spiro atoms. The van der Waals surface area contributed by atoms with E-state index in [0.717, 1.165) is 25.7 Å². The fraction of sp³-hybridized carbons (Fsp3) is 0.600. The van der Waals surface area contributed by atoms with Gasteiger partial charge >= 0.3 is 11.6 Å². The maximum Gasteiger partial charge on any atom is 0.349 e. The summed E-state index contributed by atoms with van der Waals surface area (Å²) in [4.78, 5) is 37.2. The molecule has 0 saturated heterocycles. The Morgan fingerprint density at radius 2 is 1.68 bits per heavy atom. The van der Waals surface area contributed by atoms with Crippen molar-refractivity contribution in [1.82, 2.24) is 9.99 Å². The van der Waals surface area contributed by atoms with Crippen LogP contribution in [0.5, 0.6) is 5.75 Å². The van der Waals surface area contributed by atoms with E-state index in [1.54, 1.807) is 32.9 Å². The number of carbonyl (C=O) groups excluding carboxylic acids is 2. The SMILES string of the molecule is CC(C)N(C(C)C)P(OCCC#N)OCCCCCCNC(=O)c1cc2ccc(OC(=O)C(C)(C)C)cc2oc1=O. The van der Waals surface area contributed by atoms with E-state index in [9.17, 15) is 14.4 Å². The van der Waals surface area contributed by atoms with E-state index in [-0.39, 0.29) is 29.0 Å². The van der Waals surface area contributed by atoms with E-state index in [4.69, 9.17) is 23.5 Å². The number of esters is 1. The number of rotatable bonds is 16. The number of nitriles is 1. The average Bonchev–Trinajstić information content (AvgIpc) is 2.88. The first kappa shape index (κ1) is 34.4. The quantitative estimate of drug-likeness (QED) is 0.0785. The van der Waals surface area contributed by atoms with Gasteiger partial charge in [0, 0.05) is 30.1 Å². The fourth-order valence-corrected chi connectivity index (χ4v) is 5.54. The zero-order chi connectivity index (χ0) is 30.6. The maximum absolute atomic E-state index is 12.6. The summed E-state index contributed by atoms with van der Waals surface area (Å²) >= 11 is 0. The molecule has 1 aromatic heterocycles. The van der Waals surface area contributed by atoms with Crippen molar-refractivity contribution in [3.63, 3.8) is 0 Å². The van der Waals surface area contributed by atoms with Crippen LogP contribution in [0.25, 0.3) is 11.0 Å². The van der Waals surface area contributed by atoms with Gasteiger partial charge in [0.15, 0.2) is 0 Å². The summed E-state index contributed by atoms with van der Waals surface area (Å²) in [7, 11) is -1.24. The Balaban J connectivity index is 1.80. The monoisotopic (exact) mass is 589 g/mol. The number of amides is 1. The van der Waals surface area contributed by atoms with Crippen molar-refractivity contribution in [3.05, 3.63) is 40.2 Å². The third kappa shape index (κ3) is 11.2. The van der Waals surface area contributed by atoms with Crippen LogP contribution in [0.4, 0.5) is 0 Å². The molecule has 1 amide bonds. The van der Waals surface area contributed by atoms with E-state index in [1.807, 2.05) is 0 Å². The van der Waals surface area contributed by atoms with Crippen LogP contribution in [0.1, 0.15) is 90.9 Å². The lowest BCUT2D eigenvalue weighted by molar-refractivity contribution is -0.142. The van der Waals surface area contributed by atoms with Gasteiger partial charge in [-0.05, 0) is 79.5 Å². The topological polar surface area (TPSA) is 131 Å². The van der Waals surface area contributed by atoms with Crippen molar-refractivity contribution in [3.8, 4) is 11.8 Å². The summed E-state index contributed by atoms with van der Waals surface area (Å²) in [6.07, 6.45) is 3.73. The third-order valence-electron chi connectivity index (χ3n) is 6.00. The van der Waals surface area contributed by atoms with E-state index in [0.29, 0.717) is 31.6 Å². The molecule has 0 bridgehead atoms. The van der Waals surface area contributed by atoms with Crippen LogP contribution in [0, 0.1) is 16.7 Å². The zero-order valence-electron chi connectivity index (χ0n) is 25.3. The lowest BCUT2D eigenvalue weighted by Crippen LogP contribution is -2.33. The number of ether oxygens (including phenoxy) is 1. The predicted molar refractivity (Wildman–Crippen MR) is 160 cm³/mol. The van der Waals surface area contributed by atoms with E-state index >= 15 is 0 Å². The number of unbranched alkanes of at least 4 members (excludes halogenated alkanes) is 3. The Morgan fingerprint density at radius 3 is 2.32 bits per heavy atom. The van der Waals surface area contributed by atoms with E-state index < -0.39 is 31.4 Å². The molecule has 1 atom stereocenters. The lowest BCUT2D eigenvalue weighted by Gasteiger charge is -2.35. The van der Waals surface area contributed by atoms with Crippen LogP contribution in [-0.2, 0) is 13.8 Å². The largest absolute Gasteiger partial charge is 0.426 e. The van der Waals surface area contributed by atoms with Gasteiger partial charge < -0.3 is 23.5 Å². The van der Waals surface area contributed by atoms with Crippen LogP contribution >= 0.6 is 8.53 Å². The molecule has 0 fully saturated rings. The lowest BCUT2D eigenvalue weighted by atomic mass is 9.97. The first-order valence-electron chi connectivity index (χ1n) is 14.1. The molecule has 0 aliphatic carbocycles. The standard InChI is InChI=1S/C30H44N3O7P/c1-21(2)33(22(3)4)41(38-18-12-15-31)37-17-11-9-8-10-16-32-27(34)25-19-23-13-14-24(20-26(23)40-28(25)35)39-29(36)30(5,6)7/h13-14,19-22H,8-12,16-18H2,1-7H3,(H,32,34). The van der Waals surface area contributed by atoms with Crippen molar-refractivity contribution in [2.45, 2.75) is 92.7 Å². The molecule has 1 N–H and O–H groups in total. The van der Waals surface area contributed by atoms with Crippen molar-refractivity contribution < 1.29 is 27.8 Å². The highest BCUT2D eigenvalue weighted by molar-refractivity contribution is 7.44. The Morgan fingerprint density at radius 1 is 1.02 bits per heavy atom. The second-order valence-corrected chi connectivity index (χ2v) is 12.8. The summed E-state index contributed by atoms with van der Waals surface area (Å²) in [5.74, 6) is -0.629. The molecular formula is C30H44N3O7P. The van der Waals surface area contributed by atoms with Gasteiger partial charge in [-0.15, -0.1) is 0 Å². The number of nitrogens with zero attached hydrogens (tertiary/aromatic N) is 2. The maximum atomic E-state index is 12.6. The van der Waals surface area contributed by atoms with Gasteiger partial charge in [-0.1, -0.05) is 12.8 Å². The molecule has 1 aromatic carbocycles. The van der Waals surface area contributed by atoms with Gasteiger partial charge in [-0.3, -0.25) is 9.59 Å². The van der Waals surface area contributed by atoms with Gasteiger partial charge in [0.05, 0.1) is 31.1 Å². The number of carbonyl (C=O) groups is 2. The molecule has 2 aromatic rings. The van der Waals surface area contributed by atoms with Gasteiger partial charge in [-0.25, -0.2) is 9.46 Å². The highest BCUT2D eigenvalue weighted by Crippen LogP contribution is 2.46. The molecule has 11 heteroatoms. The summed E-state index contributed by atoms with van der Waals surface area (Å²) in [6.45, 7) is 15.0. The van der Waals surface area contributed by atoms with Crippen molar-refractivity contribution in [1.29, 1.82) is 5.26 Å². The molecule has 1 heterocycles. The predicted octanol–water partition coefficient (Wildman–Crippen LogP) is 6.33. The zero-order valence-corrected chi connectivity index (χ0v) is 26.2. The molecule has 0 radical (unpaired) electrons. The highest BCUT2D eigenvalue weighted by atomic mass is 31.2. The van der Waals surface area contributed by atoms with Crippen LogP contribution in [-0.4, -0.2) is 48.4 Å². The second kappa shape index (κ2) is 16.6. The third-order valence-corrected chi connectivity index (χ3v) is 8.10. The van der Waals surface area contributed by atoms with Gasteiger partial charge in [0.1, 0.15) is 16.9 Å². The number of nitrogens with one attached hydrogen (secondary N) is 1.